The number of ketones is 3. The molecule has 0 heterocycles. The zero-order chi connectivity index (χ0) is 50.7. The Bertz CT molecular complexity index is 1450. The van der Waals surface area contributed by atoms with Gasteiger partial charge in [-0.1, -0.05) is 32.9 Å². The number of hydrogen-bond acceptors (Lipinski definition) is 13. The number of Topliss-reactive ketones (excluding diaryl/α,β-unsaturated/α-hetero) is 3. The van der Waals surface area contributed by atoms with E-state index in [9.17, 15) is 48.3 Å². The molecule has 0 aliphatic carbocycles. The van der Waals surface area contributed by atoms with Crippen molar-refractivity contribution in [3.05, 3.63) is 12.2 Å². The first-order chi connectivity index (χ1) is 29.5. The minimum Gasteiger partial charge on any atom is -0.393 e. The molecule has 0 bridgehead atoms. The minimum absolute atomic E-state index is 0.0878. The number of amides is 6. The number of aliphatic hydroxyl groups is 1. The summed E-state index contributed by atoms with van der Waals surface area (Å²) in [6.07, 6.45) is 6.19. The van der Waals surface area contributed by atoms with Crippen molar-refractivity contribution in [2.24, 2.45) is 35.0 Å². The summed E-state index contributed by atoms with van der Waals surface area (Å²) in [5.41, 5.74) is 15.5. The third kappa shape index (κ3) is 43.0. The molecule has 0 rings (SSSR count). The molecule has 8 unspecified atom stereocenters. The highest BCUT2D eigenvalue weighted by Gasteiger charge is 2.23. The Hall–Kier alpha value is -4.30. The Morgan fingerprint density at radius 1 is 0.562 bits per heavy atom. The standard InChI is InChI=1S/C16H31N3O4.C12H22N2O4.C12H20N2O3.C4H10ClN/c1-11(16(17)22)10-14(23-9-8-19(4)5)6-7-15(12(2)20)18-13(3)21;1-7(12(13)18)6-10(17)4-5-11(8(2)15)14-9(3)16;1-8(12(13)17)6-4-5-7-11(9(2)15)14-10(3)16;1-6(2)4-3-5/h11,14-15H,6-10H2,1-5H3,(H2,17,22)(H,18,21);7,10-11,17H,4-6H2,1-3H3,(H2,13,18)(H,14,16);4-5,8,11H,6-7H2,1-3H3,(H2,13,17)(H,14,16);3-4H2,1-2H3/b;;5-4-;. The Kier molecular flexibility index (Phi) is 40.5. The normalized spacial score (nSPS) is 14.5. The van der Waals surface area contributed by atoms with Crippen molar-refractivity contribution in [3.63, 3.8) is 0 Å². The molecule has 10 N–H and O–H groups in total. The number of alkyl halides is 1. The van der Waals surface area contributed by atoms with Crippen LogP contribution in [0.4, 0.5) is 0 Å². The van der Waals surface area contributed by atoms with Crippen LogP contribution in [-0.2, 0) is 47.9 Å². The van der Waals surface area contributed by atoms with Gasteiger partial charge >= 0.3 is 0 Å². The molecule has 0 aromatic heterocycles. The van der Waals surface area contributed by atoms with Crippen LogP contribution >= 0.6 is 11.6 Å². The monoisotopic (exact) mass is 935 g/mol. The number of nitrogens with zero attached hydrogens (tertiary/aromatic N) is 2. The molecule has 372 valence electrons. The highest BCUT2D eigenvalue weighted by atomic mass is 35.5. The fourth-order valence-electron chi connectivity index (χ4n) is 5.17. The molecule has 0 aliphatic rings. The van der Waals surface area contributed by atoms with Crippen molar-refractivity contribution in [2.75, 3.05) is 53.8 Å². The average Bonchev–Trinajstić information content (AvgIpc) is 3.15. The summed E-state index contributed by atoms with van der Waals surface area (Å²) < 4.78 is 5.84. The summed E-state index contributed by atoms with van der Waals surface area (Å²) in [4.78, 5) is 104. The van der Waals surface area contributed by atoms with E-state index in [0.29, 0.717) is 51.6 Å². The second kappa shape index (κ2) is 39.1. The summed E-state index contributed by atoms with van der Waals surface area (Å²) >= 11 is 5.35. The van der Waals surface area contributed by atoms with E-state index in [4.69, 9.17) is 33.5 Å². The fraction of sp³-hybridized carbons (Fsp3) is 0.750. The molecule has 20 heteroatoms. The number of allylic oxidation sites excluding steroid dienone is 1. The number of hydrogen-bond donors (Lipinski definition) is 7. The van der Waals surface area contributed by atoms with Crippen molar-refractivity contribution < 1.29 is 53.0 Å². The lowest BCUT2D eigenvalue weighted by atomic mass is 9.97. The van der Waals surface area contributed by atoms with Crippen LogP contribution in [0.1, 0.15) is 114 Å². The number of halogens is 1. The number of likely N-dealkylation sites (N-methyl/N-ethyl adjacent to an activating group) is 1. The molecule has 0 aromatic carbocycles. The molecule has 0 saturated heterocycles. The lowest BCUT2D eigenvalue weighted by molar-refractivity contribution is -0.126. The van der Waals surface area contributed by atoms with E-state index in [0.717, 1.165) is 19.0 Å². The molecule has 6 amide bonds. The number of aliphatic hydroxyl groups excluding tert-OH is 1. The summed E-state index contributed by atoms with van der Waals surface area (Å²) in [6.45, 7) is 15.8. The molecule has 0 fully saturated rings. The van der Waals surface area contributed by atoms with Crippen LogP contribution in [0.15, 0.2) is 12.2 Å². The smallest absolute Gasteiger partial charge is 0.220 e. The molecule has 64 heavy (non-hydrogen) atoms. The molecular weight excluding hydrogens is 852 g/mol. The summed E-state index contributed by atoms with van der Waals surface area (Å²) in [6, 6.07) is -1.59. The molecule has 0 radical (unpaired) electrons. The van der Waals surface area contributed by atoms with Gasteiger partial charge in [0.05, 0.1) is 36.9 Å². The van der Waals surface area contributed by atoms with Crippen molar-refractivity contribution in [1.29, 1.82) is 0 Å². The Morgan fingerprint density at radius 3 is 1.28 bits per heavy atom. The van der Waals surface area contributed by atoms with E-state index >= 15 is 0 Å². The Morgan fingerprint density at radius 2 is 0.938 bits per heavy atom. The molecule has 8 atom stereocenters. The van der Waals surface area contributed by atoms with Gasteiger partial charge in [-0.15, -0.1) is 11.6 Å². The highest BCUT2D eigenvalue weighted by Crippen LogP contribution is 2.16. The number of rotatable bonds is 29. The zero-order valence-corrected chi connectivity index (χ0v) is 41.5. The number of nitrogens with two attached hydrogens (primary N) is 3. The van der Waals surface area contributed by atoms with Gasteiger partial charge in [-0.05, 0) is 100 Å². The third-order valence-electron chi connectivity index (χ3n) is 9.32. The SMILES string of the molecule is CC(=O)NC(C/C=C\CC(C)C(N)=O)C(C)=O.CC(=O)NC(CCC(CC(C)C(N)=O)OCCN(C)C)C(C)=O.CC(=O)NC(CCC(O)CC(C)C(N)=O)C(C)=O.CN(C)CCCl. The molecular formula is C44H83ClN8O11. The maximum atomic E-state index is 11.6. The average molecular weight is 936 g/mol. The van der Waals surface area contributed by atoms with Crippen LogP contribution in [0.2, 0.25) is 0 Å². The predicted octanol–water partition coefficient (Wildman–Crippen LogP) is 1.38. The van der Waals surface area contributed by atoms with E-state index in [1.165, 1.54) is 41.5 Å². The number of carbonyl (C=O) groups is 9. The minimum atomic E-state index is -0.705. The first-order valence-corrected chi connectivity index (χ1v) is 22.0. The van der Waals surface area contributed by atoms with Crippen molar-refractivity contribution in [3.8, 4) is 0 Å². The fourth-order valence-corrected chi connectivity index (χ4v) is 5.51. The van der Waals surface area contributed by atoms with Gasteiger partial charge < -0.3 is 52.8 Å². The highest BCUT2D eigenvalue weighted by molar-refractivity contribution is 6.18. The van der Waals surface area contributed by atoms with E-state index < -0.39 is 36.1 Å². The van der Waals surface area contributed by atoms with E-state index in [1.54, 1.807) is 32.9 Å². The summed E-state index contributed by atoms with van der Waals surface area (Å²) in [7, 11) is 7.91. The topological polar surface area (TPSA) is 304 Å². The lowest BCUT2D eigenvalue weighted by Gasteiger charge is -2.23. The predicted molar refractivity (Wildman–Crippen MR) is 250 cm³/mol. The first-order valence-electron chi connectivity index (χ1n) is 21.5. The third-order valence-corrected chi connectivity index (χ3v) is 9.49. The quantitative estimate of drug-likeness (QED) is 0.0413. The van der Waals surface area contributed by atoms with E-state index in [1.807, 2.05) is 38.0 Å². The lowest BCUT2D eigenvalue weighted by Crippen LogP contribution is -2.39. The Balaban J connectivity index is -0.000000400. The van der Waals surface area contributed by atoms with Gasteiger partial charge in [-0.3, -0.25) is 43.2 Å². The van der Waals surface area contributed by atoms with Crippen LogP contribution in [0, 0.1) is 17.8 Å². The maximum absolute atomic E-state index is 11.6. The molecule has 0 saturated carbocycles. The van der Waals surface area contributed by atoms with Gasteiger partial charge in [0.25, 0.3) is 0 Å². The van der Waals surface area contributed by atoms with Crippen LogP contribution in [0.3, 0.4) is 0 Å². The molecule has 0 spiro atoms. The van der Waals surface area contributed by atoms with Crippen LogP contribution in [0.5, 0.6) is 0 Å². The van der Waals surface area contributed by atoms with Crippen molar-refractivity contribution >= 4 is 64.4 Å². The van der Waals surface area contributed by atoms with Gasteiger partial charge in [-0.2, -0.15) is 0 Å². The van der Waals surface area contributed by atoms with Gasteiger partial charge in [0, 0.05) is 57.5 Å². The van der Waals surface area contributed by atoms with Crippen molar-refractivity contribution in [2.45, 2.75) is 144 Å². The van der Waals surface area contributed by atoms with E-state index in [-0.39, 0.29) is 71.2 Å². The molecule has 19 nitrogen and oxygen atoms in total. The number of primary amides is 3. The number of nitrogens with one attached hydrogen (secondary N) is 3. The first kappa shape index (κ1) is 66.3. The van der Waals surface area contributed by atoms with Crippen LogP contribution < -0.4 is 33.2 Å². The zero-order valence-electron chi connectivity index (χ0n) is 40.8. The summed E-state index contributed by atoms with van der Waals surface area (Å²) in [5.74, 6) is -2.44. The molecule has 0 aliphatic heterocycles. The Labute approximate surface area is 387 Å². The largest absolute Gasteiger partial charge is 0.393 e. The van der Waals surface area contributed by atoms with Gasteiger partial charge in [0.15, 0.2) is 17.3 Å². The van der Waals surface area contributed by atoms with Crippen molar-refractivity contribution in [1.82, 2.24) is 25.8 Å². The van der Waals surface area contributed by atoms with Gasteiger partial charge in [0.1, 0.15) is 0 Å². The maximum Gasteiger partial charge on any atom is 0.220 e. The number of carbonyl (C=O) groups excluding carboxylic acids is 9. The van der Waals surface area contributed by atoms with Gasteiger partial charge in [0.2, 0.25) is 35.4 Å². The van der Waals surface area contributed by atoms with Gasteiger partial charge in [-0.25, -0.2) is 0 Å². The second-order valence-corrected chi connectivity index (χ2v) is 16.9. The van der Waals surface area contributed by atoms with Crippen LogP contribution in [-0.4, -0.2) is 152 Å². The van der Waals surface area contributed by atoms with E-state index in [2.05, 4.69) is 16.0 Å². The second-order valence-electron chi connectivity index (χ2n) is 16.5. The molecule has 0 aromatic rings. The van der Waals surface area contributed by atoms with Crippen LogP contribution in [0.25, 0.3) is 0 Å². The summed E-state index contributed by atoms with van der Waals surface area (Å²) in [5, 5.41) is 17.4. The number of ether oxygens (including phenoxy) is 1.